The van der Waals surface area contributed by atoms with Crippen molar-refractivity contribution in [3.63, 3.8) is 0 Å². The van der Waals surface area contributed by atoms with Crippen LogP contribution in [0.15, 0.2) is 18.2 Å². The predicted octanol–water partition coefficient (Wildman–Crippen LogP) is 4.16. The Morgan fingerprint density at radius 3 is 2.21 bits per heavy atom. The fourth-order valence-corrected chi connectivity index (χ4v) is 3.58. The summed E-state index contributed by atoms with van der Waals surface area (Å²) in [6, 6.07) is 5.56. The topological polar surface area (TPSA) is 112 Å². The molecule has 34 heavy (non-hydrogen) atoms. The van der Waals surface area contributed by atoms with E-state index in [0.717, 1.165) is 11.1 Å². The third-order valence-electron chi connectivity index (χ3n) is 4.94. The van der Waals surface area contributed by atoms with Crippen LogP contribution in [0.4, 0.5) is 4.79 Å². The van der Waals surface area contributed by atoms with Crippen LogP contribution in [0.5, 0.6) is 0 Å². The van der Waals surface area contributed by atoms with E-state index < -0.39 is 29.7 Å². The van der Waals surface area contributed by atoms with Crippen LogP contribution >= 0.6 is 0 Å². The van der Waals surface area contributed by atoms with Gasteiger partial charge in [-0.3, -0.25) is 9.59 Å². The van der Waals surface area contributed by atoms with Gasteiger partial charge in [0, 0.05) is 6.04 Å². The maximum absolute atomic E-state index is 13.8. The Balaban J connectivity index is 3.51. The molecule has 0 fully saturated rings. The first-order chi connectivity index (χ1) is 15.7. The van der Waals surface area contributed by atoms with Crippen LogP contribution in [-0.2, 0) is 14.3 Å². The molecule has 188 valence electrons. The third-order valence-corrected chi connectivity index (χ3v) is 4.94. The lowest BCUT2D eigenvalue weighted by atomic mass is 9.95. The van der Waals surface area contributed by atoms with E-state index in [2.05, 4.69) is 10.6 Å². The average molecular weight is 473 g/mol. The molecule has 0 aliphatic rings. The van der Waals surface area contributed by atoms with Crippen LogP contribution in [-0.4, -0.2) is 47.0 Å². The SMILES string of the molecule is Cc1ccc(C)c(C(C(=O)NC(C)C)N(CC#N)C(=O)C(CC(C)C)NC(=O)OC(C)(C)C)c1. The number of hydrogen-bond donors (Lipinski definition) is 2. The Morgan fingerprint density at radius 2 is 1.71 bits per heavy atom. The zero-order valence-electron chi connectivity index (χ0n) is 22.0. The fourth-order valence-electron chi connectivity index (χ4n) is 3.58. The number of benzene rings is 1. The summed E-state index contributed by atoms with van der Waals surface area (Å²) in [6.45, 7) is 16.2. The normalized spacial score (nSPS) is 13.1. The highest BCUT2D eigenvalue weighted by Crippen LogP contribution is 2.27. The van der Waals surface area contributed by atoms with Crippen LogP contribution in [0, 0.1) is 31.1 Å². The van der Waals surface area contributed by atoms with Crippen molar-refractivity contribution in [2.45, 2.75) is 92.5 Å². The van der Waals surface area contributed by atoms with Gasteiger partial charge in [-0.15, -0.1) is 0 Å². The van der Waals surface area contributed by atoms with E-state index in [1.54, 1.807) is 20.8 Å². The Morgan fingerprint density at radius 1 is 1.09 bits per heavy atom. The van der Waals surface area contributed by atoms with Crippen molar-refractivity contribution >= 4 is 17.9 Å². The number of aryl methyl sites for hydroxylation is 2. The van der Waals surface area contributed by atoms with E-state index in [9.17, 15) is 19.6 Å². The van der Waals surface area contributed by atoms with E-state index in [1.807, 2.05) is 65.8 Å². The summed E-state index contributed by atoms with van der Waals surface area (Å²) < 4.78 is 5.35. The largest absolute Gasteiger partial charge is 0.444 e. The van der Waals surface area contributed by atoms with Crippen molar-refractivity contribution in [2.24, 2.45) is 5.92 Å². The van der Waals surface area contributed by atoms with E-state index in [0.29, 0.717) is 12.0 Å². The Hall–Kier alpha value is -3.08. The zero-order chi connectivity index (χ0) is 26.2. The molecule has 0 aliphatic heterocycles. The van der Waals surface area contributed by atoms with Gasteiger partial charge >= 0.3 is 6.09 Å². The molecule has 2 atom stereocenters. The predicted molar refractivity (Wildman–Crippen MR) is 132 cm³/mol. The number of carbonyl (C=O) groups excluding carboxylic acids is 3. The second-order valence-electron chi connectivity index (χ2n) is 10.4. The minimum atomic E-state index is -1.02. The van der Waals surface area contributed by atoms with Gasteiger partial charge in [0.15, 0.2) is 0 Å². The second kappa shape index (κ2) is 12.4. The molecule has 1 rings (SSSR count). The van der Waals surface area contributed by atoms with Crippen LogP contribution < -0.4 is 10.6 Å². The van der Waals surface area contributed by atoms with Crippen LogP contribution in [0.2, 0.25) is 0 Å². The maximum Gasteiger partial charge on any atom is 0.408 e. The second-order valence-corrected chi connectivity index (χ2v) is 10.4. The number of nitrogens with one attached hydrogen (secondary N) is 2. The molecule has 8 heteroatoms. The van der Waals surface area contributed by atoms with E-state index in [-0.39, 0.29) is 24.4 Å². The smallest absolute Gasteiger partial charge is 0.408 e. The fraction of sp³-hybridized carbons (Fsp3) is 0.615. The Labute approximate surface area is 204 Å². The monoisotopic (exact) mass is 472 g/mol. The summed E-state index contributed by atoms with van der Waals surface area (Å²) in [7, 11) is 0. The molecule has 2 N–H and O–H groups in total. The van der Waals surface area contributed by atoms with Gasteiger partial charge in [0.2, 0.25) is 11.8 Å². The van der Waals surface area contributed by atoms with Gasteiger partial charge in [0.25, 0.3) is 0 Å². The van der Waals surface area contributed by atoms with Gasteiger partial charge in [-0.25, -0.2) is 4.79 Å². The molecule has 1 aromatic carbocycles. The van der Waals surface area contributed by atoms with Crippen molar-refractivity contribution in [1.82, 2.24) is 15.5 Å². The molecule has 0 radical (unpaired) electrons. The summed E-state index contributed by atoms with van der Waals surface area (Å²) in [4.78, 5) is 40.9. The minimum absolute atomic E-state index is 0.0662. The Bertz CT molecular complexity index is 912. The number of carbonyl (C=O) groups is 3. The van der Waals surface area contributed by atoms with Gasteiger partial charge in [-0.05, 0) is 71.9 Å². The molecule has 0 heterocycles. The first kappa shape index (κ1) is 29.0. The lowest BCUT2D eigenvalue weighted by molar-refractivity contribution is -0.142. The van der Waals surface area contributed by atoms with Crippen molar-refractivity contribution in [1.29, 1.82) is 5.26 Å². The van der Waals surface area contributed by atoms with Gasteiger partial charge in [0.05, 0.1) is 6.07 Å². The van der Waals surface area contributed by atoms with Gasteiger partial charge in [-0.1, -0.05) is 37.6 Å². The minimum Gasteiger partial charge on any atom is -0.444 e. The third kappa shape index (κ3) is 9.05. The Kier molecular flexibility index (Phi) is 10.6. The summed E-state index contributed by atoms with van der Waals surface area (Å²) in [6.07, 6.45) is -0.399. The maximum atomic E-state index is 13.8. The molecule has 2 unspecified atom stereocenters. The molecule has 3 amide bonds. The van der Waals surface area contributed by atoms with Gasteiger partial charge < -0.3 is 20.3 Å². The molecule has 0 spiro atoms. The quantitative estimate of drug-likeness (QED) is 0.524. The van der Waals surface area contributed by atoms with E-state index >= 15 is 0 Å². The summed E-state index contributed by atoms with van der Waals surface area (Å²) in [5.74, 6) is -0.824. The van der Waals surface area contributed by atoms with E-state index in [1.165, 1.54) is 4.90 Å². The molecule has 0 saturated heterocycles. The lowest BCUT2D eigenvalue weighted by Crippen LogP contribution is -2.54. The van der Waals surface area contributed by atoms with Gasteiger partial charge in [0.1, 0.15) is 24.2 Å². The van der Waals surface area contributed by atoms with Crippen LogP contribution in [0.1, 0.15) is 77.6 Å². The van der Waals surface area contributed by atoms with Crippen LogP contribution in [0.3, 0.4) is 0 Å². The van der Waals surface area contributed by atoms with Gasteiger partial charge in [-0.2, -0.15) is 5.26 Å². The number of hydrogen-bond acceptors (Lipinski definition) is 5. The summed E-state index contributed by atoms with van der Waals surface area (Å²) in [5.41, 5.74) is 1.66. The van der Waals surface area contributed by atoms with E-state index in [4.69, 9.17) is 4.74 Å². The summed E-state index contributed by atoms with van der Waals surface area (Å²) >= 11 is 0. The number of amides is 3. The first-order valence-electron chi connectivity index (χ1n) is 11.7. The molecule has 8 nitrogen and oxygen atoms in total. The van der Waals surface area contributed by atoms with Crippen molar-refractivity contribution in [2.75, 3.05) is 6.54 Å². The molecule has 0 aromatic heterocycles. The first-order valence-corrected chi connectivity index (χ1v) is 11.7. The number of rotatable bonds is 9. The van der Waals surface area contributed by atoms with Crippen molar-refractivity contribution in [3.8, 4) is 6.07 Å². The zero-order valence-corrected chi connectivity index (χ0v) is 22.0. The molecule has 1 aromatic rings. The summed E-state index contributed by atoms with van der Waals surface area (Å²) in [5, 5.41) is 15.1. The highest BCUT2D eigenvalue weighted by molar-refractivity contribution is 5.92. The number of nitrogens with zero attached hydrogens (tertiary/aromatic N) is 2. The number of nitriles is 1. The molecule has 0 aliphatic carbocycles. The molecule has 0 saturated carbocycles. The standard InChI is InChI=1S/C26H40N4O4/c1-16(2)14-21(29-25(33)34-26(7,8)9)24(32)30(13-12-27)22(23(31)28-17(3)4)20-15-18(5)10-11-19(20)6/h10-11,15-17,21-22H,13-14H2,1-9H3,(H,28,31)(H,29,33). The molecule has 0 bridgehead atoms. The van der Waals surface area contributed by atoms with Crippen molar-refractivity contribution in [3.05, 3.63) is 34.9 Å². The highest BCUT2D eigenvalue weighted by Gasteiger charge is 2.37. The molecular weight excluding hydrogens is 432 g/mol. The number of alkyl carbamates (subject to hydrolysis) is 1. The highest BCUT2D eigenvalue weighted by atomic mass is 16.6. The lowest BCUT2D eigenvalue weighted by Gasteiger charge is -2.34. The number of ether oxygens (including phenoxy) is 1. The average Bonchev–Trinajstić information content (AvgIpc) is 2.66. The van der Waals surface area contributed by atoms with Crippen LogP contribution in [0.25, 0.3) is 0 Å². The van der Waals surface area contributed by atoms with Crippen molar-refractivity contribution < 1.29 is 19.1 Å². The molecular formula is C26H40N4O4.